The van der Waals surface area contributed by atoms with Crippen LogP contribution < -0.4 is 0 Å². The number of nitrogens with zero attached hydrogens (tertiary/aromatic N) is 2. The lowest BCUT2D eigenvalue weighted by Crippen LogP contribution is -2.45. The minimum Gasteiger partial charge on any atom is -0.349 e. The zero-order chi connectivity index (χ0) is 16.5. The van der Waals surface area contributed by atoms with E-state index < -0.39 is 26.7 Å². The van der Waals surface area contributed by atoms with Crippen LogP contribution in [0, 0.1) is 11.7 Å². The first-order valence-corrected chi connectivity index (χ1v) is 8.71. The van der Waals surface area contributed by atoms with E-state index in [-0.39, 0.29) is 24.0 Å². The Morgan fingerprint density at radius 3 is 2.68 bits per heavy atom. The van der Waals surface area contributed by atoms with Crippen molar-refractivity contribution >= 4 is 27.5 Å². The van der Waals surface area contributed by atoms with E-state index in [1.165, 1.54) is 15.3 Å². The molecule has 1 aliphatic rings. The molecule has 1 aromatic rings. The van der Waals surface area contributed by atoms with Gasteiger partial charge in [-0.05, 0) is 31.0 Å². The molecule has 0 aliphatic carbocycles. The first-order chi connectivity index (χ1) is 10.2. The van der Waals surface area contributed by atoms with E-state index in [0.29, 0.717) is 12.8 Å². The lowest BCUT2D eigenvalue weighted by atomic mass is 9.98. The molecule has 1 aliphatic heterocycles. The average molecular weight is 349 g/mol. The van der Waals surface area contributed by atoms with E-state index in [2.05, 4.69) is 0 Å². The Labute approximate surface area is 134 Å². The van der Waals surface area contributed by atoms with E-state index in [9.17, 15) is 17.6 Å². The van der Waals surface area contributed by atoms with Crippen molar-refractivity contribution in [3.63, 3.8) is 0 Å². The standard InChI is InChI=1S/C14H18ClFN2O3S/c1-17(2)14(19)10-4-3-7-18(9-10)22(20,21)13-6-5-11(15)8-12(13)16/h5-6,8,10H,3-4,7,9H2,1-2H3. The van der Waals surface area contributed by atoms with Crippen LogP contribution in [0.5, 0.6) is 0 Å². The van der Waals surface area contributed by atoms with Crippen molar-refractivity contribution in [2.75, 3.05) is 27.2 Å². The number of hydrogen-bond acceptors (Lipinski definition) is 3. The maximum absolute atomic E-state index is 13.9. The summed E-state index contributed by atoms with van der Waals surface area (Å²) >= 11 is 5.65. The van der Waals surface area contributed by atoms with Gasteiger partial charge in [0, 0.05) is 32.2 Å². The largest absolute Gasteiger partial charge is 0.349 e. The SMILES string of the molecule is CN(C)C(=O)C1CCCN(S(=O)(=O)c2ccc(Cl)cc2F)C1. The molecule has 0 N–H and O–H groups in total. The van der Waals surface area contributed by atoms with Crippen molar-refractivity contribution in [3.8, 4) is 0 Å². The van der Waals surface area contributed by atoms with Crippen LogP contribution in [0.1, 0.15) is 12.8 Å². The normalized spacial score (nSPS) is 19.9. The van der Waals surface area contributed by atoms with Crippen LogP contribution in [0.2, 0.25) is 5.02 Å². The fourth-order valence-corrected chi connectivity index (χ4v) is 4.28. The topological polar surface area (TPSA) is 57.7 Å². The molecule has 1 amide bonds. The number of sulfonamides is 1. The van der Waals surface area contributed by atoms with Crippen molar-refractivity contribution in [2.45, 2.75) is 17.7 Å². The quantitative estimate of drug-likeness (QED) is 0.839. The summed E-state index contributed by atoms with van der Waals surface area (Å²) < 4.78 is 40.2. The number of amides is 1. The third-order valence-corrected chi connectivity index (χ3v) is 5.82. The Hall–Kier alpha value is -1.18. The first-order valence-electron chi connectivity index (χ1n) is 6.90. The lowest BCUT2D eigenvalue weighted by molar-refractivity contribution is -0.134. The molecule has 8 heteroatoms. The molecule has 0 bridgehead atoms. The number of benzene rings is 1. The summed E-state index contributed by atoms with van der Waals surface area (Å²) in [5.74, 6) is -1.39. The molecule has 2 rings (SSSR count). The highest BCUT2D eigenvalue weighted by Crippen LogP contribution is 2.27. The molecule has 1 atom stereocenters. The second-order valence-corrected chi connectivity index (χ2v) is 7.85. The Morgan fingerprint density at radius 2 is 2.09 bits per heavy atom. The van der Waals surface area contributed by atoms with Crippen LogP contribution in [0.4, 0.5) is 4.39 Å². The molecule has 0 aromatic heterocycles. The van der Waals surface area contributed by atoms with Gasteiger partial charge in [0.25, 0.3) is 0 Å². The maximum Gasteiger partial charge on any atom is 0.246 e. The van der Waals surface area contributed by atoms with Gasteiger partial charge in [-0.1, -0.05) is 11.6 Å². The Kier molecular flexibility index (Phi) is 5.09. The summed E-state index contributed by atoms with van der Waals surface area (Å²) in [4.78, 5) is 13.1. The van der Waals surface area contributed by atoms with Crippen molar-refractivity contribution in [1.82, 2.24) is 9.21 Å². The van der Waals surface area contributed by atoms with Gasteiger partial charge in [-0.2, -0.15) is 4.31 Å². The van der Waals surface area contributed by atoms with Gasteiger partial charge in [-0.25, -0.2) is 12.8 Å². The van der Waals surface area contributed by atoms with Gasteiger partial charge in [-0.3, -0.25) is 4.79 Å². The van der Waals surface area contributed by atoms with E-state index in [1.807, 2.05) is 0 Å². The van der Waals surface area contributed by atoms with Crippen molar-refractivity contribution < 1.29 is 17.6 Å². The van der Waals surface area contributed by atoms with Gasteiger partial charge >= 0.3 is 0 Å². The second-order valence-electron chi connectivity index (χ2n) is 5.51. The van der Waals surface area contributed by atoms with Crippen LogP contribution >= 0.6 is 11.6 Å². The Morgan fingerprint density at radius 1 is 1.41 bits per heavy atom. The van der Waals surface area contributed by atoms with Crippen LogP contribution in [0.3, 0.4) is 0 Å². The number of carbonyl (C=O) groups excluding carboxylic acids is 1. The molecule has 1 saturated heterocycles. The molecule has 0 spiro atoms. The zero-order valence-electron chi connectivity index (χ0n) is 12.4. The fraction of sp³-hybridized carbons (Fsp3) is 0.500. The Bertz CT molecular complexity index is 679. The van der Waals surface area contributed by atoms with Gasteiger partial charge in [-0.15, -0.1) is 0 Å². The van der Waals surface area contributed by atoms with Gasteiger partial charge in [0.05, 0.1) is 5.92 Å². The predicted molar refractivity (Wildman–Crippen MR) is 81.6 cm³/mol. The number of hydrogen-bond donors (Lipinski definition) is 0. The molecule has 1 aromatic carbocycles. The molecule has 5 nitrogen and oxygen atoms in total. The Balaban J connectivity index is 2.27. The summed E-state index contributed by atoms with van der Waals surface area (Å²) in [7, 11) is -0.706. The van der Waals surface area contributed by atoms with E-state index >= 15 is 0 Å². The number of carbonyl (C=O) groups is 1. The lowest BCUT2D eigenvalue weighted by Gasteiger charge is -2.32. The van der Waals surface area contributed by atoms with E-state index in [1.54, 1.807) is 14.1 Å². The highest BCUT2D eigenvalue weighted by Gasteiger charge is 2.35. The summed E-state index contributed by atoms with van der Waals surface area (Å²) in [6, 6.07) is 3.47. The smallest absolute Gasteiger partial charge is 0.246 e. The van der Waals surface area contributed by atoms with E-state index in [4.69, 9.17) is 11.6 Å². The van der Waals surface area contributed by atoms with Crippen molar-refractivity contribution in [3.05, 3.63) is 29.0 Å². The highest BCUT2D eigenvalue weighted by atomic mass is 35.5. The second kappa shape index (κ2) is 6.52. The maximum atomic E-state index is 13.9. The van der Waals surface area contributed by atoms with Crippen LogP contribution in [0.15, 0.2) is 23.1 Å². The molecule has 1 fully saturated rings. The fourth-order valence-electron chi connectivity index (χ4n) is 2.55. The molecule has 122 valence electrons. The third kappa shape index (κ3) is 3.42. The molecule has 0 radical (unpaired) electrons. The summed E-state index contributed by atoms with van der Waals surface area (Å²) in [5, 5.41) is 0.135. The van der Waals surface area contributed by atoms with Gasteiger partial charge < -0.3 is 4.90 Å². The van der Waals surface area contributed by atoms with E-state index in [0.717, 1.165) is 12.1 Å². The van der Waals surface area contributed by atoms with Crippen LogP contribution in [-0.2, 0) is 14.8 Å². The molecule has 0 saturated carbocycles. The molecule has 1 unspecified atom stereocenters. The third-order valence-electron chi connectivity index (χ3n) is 3.69. The minimum atomic E-state index is -3.97. The van der Waals surface area contributed by atoms with Crippen molar-refractivity contribution in [1.29, 1.82) is 0 Å². The molecular formula is C14H18ClFN2O3S. The summed E-state index contributed by atoms with van der Waals surface area (Å²) in [5.41, 5.74) is 0. The minimum absolute atomic E-state index is 0.0708. The van der Waals surface area contributed by atoms with Gasteiger partial charge in [0.1, 0.15) is 10.7 Å². The van der Waals surface area contributed by atoms with Gasteiger partial charge in [0.2, 0.25) is 15.9 Å². The highest BCUT2D eigenvalue weighted by molar-refractivity contribution is 7.89. The number of piperidine rings is 1. The molecule has 1 heterocycles. The number of halogens is 2. The predicted octanol–water partition coefficient (Wildman–Crippen LogP) is 1.97. The zero-order valence-corrected chi connectivity index (χ0v) is 14.0. The molecular weight excluding hydrogens is 331 g/mol. The first kappa shape index (κ1) is 17.2. The van der Waals surface area contributed by atoms with Crippen LogP contribution in [-0.4, -0.2) is 50.7 Å². The van der Waals surface area contributed by atoms with Crippen LogP contribution in [0.25, 0.3) is 0 Å². The summed E-state index contributed by atoms with van der Waals surface area (Å²) in [6.45, 7) is 0.350. The van der Waals surface area contributed by atoms with Crippen molar-refractivity contribution in [2.24, 2.45) is 5.92 Å². The van der Waals surface area contributed by atoms with Gasteiger partial charge in [0.15, 0.2) is 0 Å². The average Bonchev–Trinajstić information content (AvgIpc) is 2.46. The molecule has 22 heavy (non-hydrogen) atoms. The number of rotatable bonds is 3. The monoisotopic (exact) mass is 348 g/mol. The summed E-state index contributed by atoms with van der Waals surface area (Å²) in [6.07, 6.45) is 1.20.